The number of aliphatic hydroxyl groups is 1. The molecule has 0 aromatic carbocycles. The molecule has 0 rings (SSSR count). The van der Waals surface area contributed by atoms with Crippen molar-refractivity contribution in [2.75, 3.05) is 19.7 Å². The summed E-state index contributed by atoms with van der Waals surface area (Å²) in [4.78, 5) is 0. The lowest BCUT2D eigenvalue weighted by atomic mass is 9.90. The van der Waals surface area contributed by atoms with Gasteiger partial charge < -0.3 is 10.4 Å². The number of aliphatic hydroxyl groups excluding tert-OH is 1. The van der Waals surface area contributed by atoms with Gasteiger partial charge >= 0.3 is 0 Å². The van der Waals surface area contributed by atoms with Gasteiger partial charge in [0.25, 0.3) is 0 Å². The van der Waals surface area contributed by atoms with E-state index in [-0.39, 0.29) is 6.61 Å². The van der Waals surface area contributed by atoms with Crippen LogP contribution in [0.2, 0.25) is 0 Å². The predicted molar refractivity (Wildman–Crippen MR) is 53.2 cm³/mol. The second kappa shape index (κ2) is 5.55. The molecule has 0 aliphatic rings. The molecule has 1 atom stereocenters. The van der Waals surface area contributed by atoms with Crippen molar-refractivity contribution in [2.45, 2.75) is 34.1 Å². The van der Waals surface area contributed by atoms with E-state index in [1.54, 1.807) is 0 Å². The molecule has 0 aliphatic heterocycles. The van der Waals surface area contributed by atoms with Crippen molar-refractivity contribution in [3.63, 3.8) is 0 Å². The maximum atomic E-state index is 8.78. The Labute approximate surface area is 76.4 Å². The van der Waals surface area contributed by atoms with Crippen LogP contribution >= 0.6 is 0 Å². The standard InChI is InChI=1S/C10H23NO/c1-5-10(3,4)8-11-6-9(2)7-12/h9,11-12H,5-8H2,1-4H3. The lowest BCUT2D eigenvalue weighted by Crippen LogP contribution is -2.32. The Morgan fingerprint density at radius 2 is 2.00 bits per heavy atom. The van der Waals surface area contributed by atoms with Crippen molar-refractivity contribution in [1.82, 2.24) is 5.32 Å². The topological polar surface area (TPSA) is 32.3 Å². The first-order valence-electron chi connectivity index (χ1n) is 4.83. The molecule has 12 heavy (non-hydrogen) atoms. The summed E-state index contributed by atoms with van der Waals surface area (Å²) in [5, 5.41) is 12.1. The van der Waals surface area contributed by atoms with Gasteiger partial charge in [-0.1, -0.05) is 27.7 Å². The van der Waals surface area contributed by atoms with Crippen LogP contribution in [0.15, 0.2) is 0 Å². The van der Waals surface area contributed by atoms with Gasteiger partial charge in [-0.25, -0.2) is 0 Å². The molecule has 0 fully saturated rings. The van der Waals surface area contributed by atoms with E-state index in [4.69, 9.17) is 5.11 Å². The van der Waals surface area contributed by atoms with E-state index in [2.05, 4.69) is 26.1 Å². The van der Waals surface area contributed by atoms with Gasteiger partial charge in [0.1, 0.15) is 0 Å². The van der Waals surface area contributed by atoms with Gasteiger partial charge in [0.15, 0.2) is 0 Å². The van der Waals surface area contributed by atoms with Crippen LogP contribution in [0.4, 0.5) is 0 Å². The summed E-state index contributed by atoms with van der Waals surface area (Å²) in [6, 6.07) is 0. The molecule has 0 saturated carbocycles. The van der Waals surface area contributed by atoms with E-state index in [1.165, 1.54) is 6.42 Å². The van der Waals surface area contributed by atoms with Gasteiger partial charge in [0.2, 0.25) is 0 Å². The quantitative estimate of drug-likeness (QED) is 0.640. The number of hydrogen-bond donors (Lipinski definition) is 2. The Morgan fingerprint density at radius 1 is 1.42 bits per heavy atom. The molecule has 0 heterocycles. The van der Waals surface area contributed by atoms with Crippen LogP contribution in [0.5, 0.6) is 0 Å². The van der Waals surface area contributed by atoms with E-state index >= 15 is 0 Å². The molecule has 0 saturated heterocycles. The molecule has 0 aromatic heterocycles. The molecule has 0 bridgehead atoms. The van der Waals surface area contributed by atoms with E-state index in [0.29, 0.717) is 11.3 Å². The second-order valence-corrected chi connectivity index (χ2v) is 4.44. The first-order chi connectivity index (χ1) is 5.52. The molecule has 0 radical (unpaired) electrons. The van der Waals surface area contributed by atoms with Crippen molar-refractivity contribution < 1.29 is 5.11 Å². The van der Waals surface area contributed by atoms with Crippen molar-refractivity contribution >= 4 is 0 Å². The SMILES string of the molecule is CCC(C)(C)CNCC(C)CO. The van der Waals surface area contributed by atoms with Crippen molar-refractivity contribution in [2.24, 2.45) is 11.3 Å². The first kappa shape index (κ1) is 11.9. The summed E-state index contributed by atoms with van der Waals surface area (Å²) < 4.78 is 0. The summed E-state index contributed by atoms with van der Waals surface area (Å²) in [6.45, 7) is 11.0. The molecular formula is C10H23NO. The first-order valence-corrected chi connectivity index (χ1v) is 4.83. The fourth-order valence-corrected chi connectivity index (χ4v) is 0.847. The molecular weight excluding hydrogens is 150 g/mol. The minimum Gasteiger partial charge on any atom is -0.396 e. The van der Waals surface area contributed by atoms with Gasteiger partial charge in [-0.05, 0) is 24.3 Å². The summed E-state index contributed by atoms with van der Waals surface area (Å²) in [6.07, 6.45) is 1.19. The lowest BCUT2D eigenvalue weighted by molar-refractivity contribution is 0.226. The molecule has 2 nitrogen and oxygen atoms in total. The molecule has 0 spiro atoms. The van der Waals surface area contributed by atoms with Crippen LogP contribution in [0.1, 0.15) is 34.1 Å². The van der Waals surface area contributed by atoms with Gasteiger partial charge in [-0.15, -0.1) is 0 Å². The average molecular weight is 173 g/mol. The van der Waals surface area contributed by atoms with Crippen LogP contribution in [-0.4, -0.2) is 24.8 Å². The van der Waals surface area contributed by atoms with Crippen LogP contribution in [-0.2, 0) is 0 Å². The Hall–Kier alpha value is -0.0800. The molecule has 2 heteroatoms. The Balaban J connectivity index is 3.42. The summed E-state index contributed by atoms with van der Waals surface area (Å²) in [7, 11) is 0. The highest BCUT2D eigenvalue weighted by atomic mass is 16.3. The Kier molecular flexibility index (Phi) is 5.51. The van der Waals surface area contributed by atoms with Crippen LogP contribution in [0.25, 0.3) is 0 Å². The van der Waals surface area contributed by atoms with Gasteiger partial charge in [0.05, 0.1) is 0 Å². The number of rotatable bonds is 6. The zero-order valence-electron chi connectivity index (χ0n) is 8.85. The lowest BCUT2D eigenvalue weighted by Gasteiger charge is -2.23. The minimum absolute atomic E-state index is 0.277. The highest BCUT2D eigenvalue weighted by Gasteiger charge is 2.14. The summed E-state index contributed by atoms with van der Waals surface area (Å²) in [5.74, 6) is 0.373. The predicted octanol–water partition coefficient (Wildman–Crippen LogP) is 1.64. The monoisotopic (exact) mass is 173 g/mol. The third-order valence-electron chi connectivity index (χ3n) is 2.37. The van der Waals surface area contributed by atoms with Gasteiger partial charge in [-0.2, -0.15) is 0 Å². The van der Waals surface area contributed by atoms with Crippen molar-refractivity contribution in [3.05, 3.63) is 0 Å². The maximum Gasteiger partial charge on any atom is 0.0468 e. The second-order valence-electron chi connectivity index (χ2n) is 4.44. The fraction of sp³-hybridized carbons (Fsp3) is 1.00. The largest absolute Gasteiger partial charge is 0.396 e. The molecule has 0 amide bonds. The zero-order valence-corrected chi connectivity index (χ0v) is 8.85. The van der Waals surface area contributed by atoms with Crippen LogP contribution in [0, 0.1) is 11.3 Å². The Bertz CT molecular complexity index is 112. The highest BCUT2D eigenvalue weighted by Crippen LogP contribution is 2.17. The van der Waals surface area contributed by atoms with Crippen molar-refractivity contribution in [1.29, 1.82) is 0 Å². The van der Waals surface area contributed by atoms with Crippen LogP contribution < -0.4 is 5.32 Å². The fourth-order valence-electron chi connectivity index (χ4n) is 0.847. The van der Waals surface area contributed by atoms with Gasteiger partial charge in [0, 0.05) is 13.2 Å². The number of nitrogens with one attached hydrogen (secondary N) is 1. The molecule has 0 aliphatic carbocycles. The molecule has 2 N–H and O–H groups in total. The normalized spacial score (nSPS) is 14.8. The maximum absolute atomic E-state index is 8.78. The summed E-state index contributed by atoms with van der Waals surface area (Å²) in [5.41, 5.74) is 0.384. The van der Waals surface area contributed by atoms with Crippen molar-refractivity contribution in [3.8, 4) is 0 Å². The van der Waals surface area contributed by atoms with Crippen LogP contribution in [0.3, 0.4) is 0 Å². The third kappa shape index (κ3) is 5.56. The highest BCUT2D eigenvalue weighted by molar-refractivity contribution is 4.69. The Morgan fingerprint density at radius 3 is 2.42 bits per heavy atom. The van der Waals surface area contributed by atoms with E-state index < -0.39 is 0 Å². The molecule has 1 unspecified atom stereocenters. The summed E-state index contributed by atoms with van der Waals surface area (Å²) >= 11 is 0. The molecule has 74 valence electrons. The van der Waals surface area contributed by atoms with E-state index in [0.717, 1.165) is 13.1 Å². The van der Waals surface area contributed by atoms with Gasteiger partial charge in [-0.3, -0.25) is 0 Å². The smallest absolute Gasteiger partial charge is 0.0468 e. The van der Waals surface area contributed by atoms with E-state index in [9.17, 15) is 0 Å². The zero-order chi connectivity index (χ0) is 9.61. The number of hydrogen-bond acceptors (Lipinski definition) is 2. The minimum atomic E-state index is 0.277. The third-order valence-corrected chi connectivity index (χ3v) is 2.37. The molecule has 0 aromatic rings. The average Bonchev–Trinajstić information content (AvgIpc) is 2.04. The van der Waals surface area contributed by atoms with E-state index in [1.807, 2.05) is 6.92 Å².